The van der Waals surface area contributed by atoms with E-state index >= 15 is 0 Å². The summed E-state index contributed by atoms with van der Waals surface area (Å²) in [6.07, 6.45) is 3.44. The summed E-state index contributed by atoms with van der Waals surface area (Å²) in [5.41, 5.74) is 7.13. The molecule has 0 fully saturated rings. The van der Waals surface area contributed by atoms with Gasteiger partial charge in [-0.1, -0.05) is 46.3 Å². The van der Waals surface area contributed by atoms with Gasteiger partial charge in [0.1, 0.15) is 0 Å². The van der Waals surface area contributed by atoms with Crippen LogP contribution >= 0.6 is 15.9 Å². The van der Waals surface area contributed by atoms with E-state index in [1.54, 1.807) is 18.5 Å². The maximum atomic E-state index is 13.0. The molecule has 2 aromatic carbocycles. The van der Waals surface area contributed by atoms with Crippen molar-refractivity contribution in [3.8, 4) is 11.3 Å². The van der Waals surface area contributed by atoms with Crippen molar-refractivity contribution in [3.05, 3.63) is 94.7 Å². The van der Waals surface area contributed by atoms with E-state index in [0.29, 0.717) is 11.3 Å². The molecule has 2 aromatic heterocycles. The number of nitrogens with zero attached hydrogens (tertiary/aromatic N) is 3. The second-order valence-corrected chi connectivity index (χ2v) is 7.37. The van der Waals surface area contributed by atoms with Gasteiger partial charge >= 0.3 is 0 Å². The van der Waals surface area contributed by atoms with E-state index in [9.17, 15) is 4.79 Å². The van der Waals surface area contributed by atoms with Crippen molar-refractivity contribution >= 4 is 38.5 Å². The van der Waals surface area contributed by atoms with Gasteiger partial charge in [0.05, 0.1) is 22.5 Å². The quantitative estimate of drug-likeness (QED) is 0.346. The van der Waals surface area contributed by atoms with Crippen LogP contribution < -0.4 is 5.43 Å². The second kappa shape index (κ2) is 8.32. The van der Waals surface area contributed by atoms with Crippen molar-refractivity contribution in [2.75, 3.05) is 0 Å². The molecule has 0 aliphatic rings. The van der Waals surface area contributed by atoms with Gasteiger partial charge in [-0.3, -0.25) is 9.78 Å². The van der Waals surface area contributed by atoms with Gasteiger partial charge in [-0.15, -0.1) is 0 Å². The van der Waals surface area contributed by atoms with Crippen LogP contribution in [0.3, 0.4) is 0 Å². The highest BCUT2D eigenvalue weighted by atomic mass is 79.9. The standard InChI is InChI=1S/C23H17BrN4O/c1-15(16-8-10-18(24)11-9-16)27-28-23(29)20-13-22(17-5-4-12-25-14-17)26-21-7-3-2-6-19(20)21/h2-14H,1H3,(H,28,29). The Labute approximate surface area is 176 Å². The van der Waals surface area contributed by atoms with Crippen LogP contribution in [0.25, 0.3) is 22.2 Å². The molecule has 4 rings (SSSR count). The fourth-order valence-electron chi connectivity index (χ4n) is 2.98. The molecule has 142 valence electrons. The third-order valence-corrected chi connectivity index (χ3v) is 5.03. The summed E-state index contributed by atoms with van der Waals surface area (Å²) in [5, 5.41) is 5.05. The number of carbonyl (C=O) groups excluding carboxylic acids is 1. The number of benzene rings is 2. The Hall–Kier alpha value is -3.38. The maximum Gasteiger partial charge on any atom is 0.272 e. The molecule has 0 spiro atoms. The molecule has 0 aliphatic heterocycles. The molecular formula is C23H17BrN4O. The second-order valence-electron chi connectivity index (χ2n) is 6.46. The van der Waals surface area contributed by atoms with Gasteiger partial charge in [0.2, 0.25) is 0 Å². The minimum absolute atomic E-state index is 0.287. The lowest BCUT2D eigenvalue weighted by Crippen LogP contribution is -2.20. The number of aromatic nitrogens is 2. The maximum absolute atomic E-state index is 13.0. The number of fused-ring (bicyclic) bond motifs is 1. The molecular weight excluding hydrogens is 428 g/mol. The van der Waals surface area contributed by atoms with Crippen molar-refractivity contribution in [1.82, 2.24) is 15.4 Å². The number of para-hydroxylation sites is 1. The van der Waals surface area contributed by atoms with Crippen LogP contribution in [-0.2, 0) is 0 Å². The molecule has 0 radical (unpaired) electrons. The van der Waals surface area contributed by atoms with Crippen molar-refractivity contribution in [3.63, 3.8) is 0 Å². The van der Waals surface area contributed by atoms with Gasteiger partial charge in [-0.05, 0) is 48.9 Å². The van der Waals surface area contributed by atoms with Gasteiger partial charge < -0.3 is 0 Å². The van der Waals surface area contributed by atoms with Gasteiger partial charge in [-0.2, -0.15) is 5.10 Å². The Bertz CT molecular complexity index is 1200. The highest BCUT2D eigenvalue weighted by molar-refractivity contribution is 9.10. The van der Waals surface area contributed by atoms with E-state index in [4.69, 9.17) is 0 Å². The van der Waals surface area contributed by atoms with Crippen LogP contribution in [0.5, 0.6) is 0 Å². The monoisotopic (exact) mass is 444 g/mol. The first-order valence-corrected chi connectivity index (χ1v) is 9.82. The van der Waals surface area contributed by atoms with Crippen LogP contribution in [0.1, 0.15) is 22.8 Å². The first kappa shape index (κ1) is 19.0. The molecule has 0 atom stereocenters. The fraction of sp³-hybridized carbons (Fsp3) is 0.0435. The first-order valence-electron chi connectivity index (χ1n) is 9.02. The summed E-state index contributed by atoms with van der Waals surface area (Å²) >= 11 is 3.42. The summed E-state index contributed by atoms with van der Waals surface area (Å²) in [6.45, 7) is 1.86. The highest BCUT2D eigenvalue weighted by Crippen LogP contribution is 2.24. The molecule has 1 N–H and O–H groups in total. The lowest BCUT2D eigenvalue weighted by molar-refractivity contribution is 0.0956. The average Bonchev–Trinajstić information content (AvgIpc) is 2.77. The van der Waals surface area contributed by atoms with Gasteiger partial charge in [0.25, 0.3) is 5.91 Å². The fourth-order valence-corrected chi connectivity index (χ4v) is 3.24. The summed E-state index contributed by atoms with van der Waals surface area (Å²) < 4.78 is 0.990. The highest BCUT2D eigenvalue weighted by Gasteiger charge is 2.14. The zero-order chi connectivity index (χ0) is 20.2. The molecule has 0 aliphatic carbocycles. The number of pyridine rings is 2. The van der Waals surface area contributed by atoms with Crippen molar-refractivity contribution in [1.29, 1.82) is 0 Å². The van der Waals surface area contributed by atoms with Crippen molar-refractivity contribution < 1.29 is 4.79 Å². The van der Waals surface area contributed by atoms with Crippen molar-refractivity contribution in [2.24, 2.45) is 5.10 Å². The minimum Gasteiger partial charge on any atom is -0.267 e. The number of nitrogens with one attached hydrogen (secondary N) is 1. The summed E-state index contributed by atoms with van der Waals surface area (Å²) in [5.74, 6) is -0.287. The molecule has 0 saturated carbocycles. The van der Waals surface area contributed by atoms with E-state index in [2.05, 4.69) is 36.4 Å². The molecule has 0 unspecified atom stereocenters. The minimum atomic E-state index is -0.287. The number of hydrogen-bond donors (Lipinski definition) is 1. The number of halogens is 1. The topological polar surface area (TPSA) is 67.2 Å². The van der Waals surface area contributed by atoms with E-state index in [1.807, 2.05) is 67.6 Å². The molecule has 2 heterocycles. The van der Waals surface area contributed by atoms with Gasteiger partial charge in [0.15, 0.2) is 0 Å². The SMILES string of the molecule is CC(=NNC(=O)c1cc(-c2cccnc2)nc2ccccc12)c1ccc(Br)cc1. The number of rotatable bonds is 4. The number of amides is 1. The molecule has 4 aromatic rings. The Balaban J connectivity index is 1.69. The first-order chi connectivity index (χ1) is 14.1. The average molecular weight is 445 g/mol. The normalized spacial score (nSPS) is 11.4. The number of hydrazone groups is 1. The van der Waals surface area contributed by atoms with Crippen LogP contribution in [0, 0.1) is 0 Å². The van der Waals surface area contributed by atoms with E-state index in [-0.39, 0.29) is 5.91 Å². The Kier molecular flexibility index (Phi) is 5.44. The van der Waals surface area contributed by atoms with Crippen molar-refractivity contribution in [2.45, 2.75) is 6.92 Å². The molecule has 1 amide bonds. The van der Waals surface area contributed by atoms with Crippen LogP contribution in [0.2, 0.25) is 0 Å². The van der Waals surface area contributed by atoms with Gasteiger partial charge in [-0.25, -0.2) is 10.4 Å². The number of hydrogen-bond acceptors (Lipinski definition) is 4. The predicted octanol–water partition coefficient (Wildman–Crippen LogP) is 5.21. The zero-order valence-electron chi connectivity index (χ0n) is 15.6. The van der Waals surface area contributed by atoms with E-state index < -0.39 is 0 Å². The Morgan fingerprint density at radius 1 is 1.03 bits per heavy atom. The Morgan fingerprint density at radius 2 is 1.83 bits per heavy atom. The summed E-state index contributed by atoms with van der Waals surface area (Å²) in [6, 6.07) is 20.9. The Morgan fingerprint density at radius 3 is 2.59 bits per heavy atom. The smallest absolute Gasteiger partial charge is 0.267 e. The van der Waals surface area contributed by atoms with Gasteiger partial charge in [0, 0.05) is 27.8 Å². The van der Waals surface area contributed by atoms with E-state index in [0.717, 1.165) is 32.2 Å². The summed E-state index contributed by atoms with van der Waals surface area (Å²) in [4.78, 5) is 21.8. The molecule has 0 bridgehead atoms. The largest absolute Gasteiger partial charge is 0.272 e. The molecule has 0 saturated heterocycles. The number of carbonyl (C=O) groups is 1. The third-order valence-electron chi connectivity index (χ3n) is 4.51. The lowest BCUT2D eigenvalue weighted by atomic mass is 10.0. The molecule has 5 nitrogen and oxygen atoms in total. The van der Waals surface area contributed by atoms with Crippen LogP contribution in [0.4, 0.5) is 0 Å². The predicted molar refractivity (Wildman–Crippen MR) is 119 cm³/mol. The molecule has 29 heavy (non-hydrogen) atoms. The summed E-state index contributed by atoms with van der Waals surface area (Å²) in [7, 11) is 0. The van der Waals surface area contributed by atoms with E-state index in [1.165, 1.54) is 0 Å². The lowest BCUT2D eigenvalue weighted by Gasteiger charge is -2.09. The van der Waals surface area contributed by atoms with Crippen LogP contribution in [0.15, 0.2) is 88.7 Å². The van der Waals surface area contributed by atoms with Crippen LogP contribution in [-0.4, -0.2) is 21.6 Å². The zero-order valence-corrected chi connectivity index (χ0v) is 17.2. The molecule has 6 heteroatoms. The third kappa shape index (κ3) is 4.22.